The zero-order valence-electron chi connectivity index (χ0n) is 18.6. The summed E-state index contributed by atoms with van der Waals surface area (Å²) in [7, 11) is -1.89. The summed E-state index contributed by atoms with van der Waals surface area (Å²) in [4.78, 5) is 13.9. The number of fused-ring (bicyclic) bond motifs is 3. The predicted molar refractivity (Wildman–Crippen MR) is 109 cm³/mol. The molecule has 7 nitrogen and oxygen atoms in total. The van der Waals surface area contributed by atoms with E-state index in [2.05, 4.69) is 44.1 Å². The SMILES string of the molecule is CC(=O)NC[C@H]1[C@@H]2OC(C)(C)O[C@@H]2[C@@H]2[C@H](O)C[C@@H](CO[Si](C)(C)C(C)(C)C)N21. The summed E-state index contributed by atoms with van der Waals surface area (Å²) < 4.78 is 18.9. The lowest BCUT2D eigenvalue weighted by atomic mass is 10.0. The second-order valence-corrected chi connectivity index (χ2v) is 15.3. The van der Waals surface area contributed by atoms with Crippen molar-refractivity contribution in [1.29, 1.82) is 0 Å². The molecule has 0 spiro atoms. The molecule has 0 aliphatic carbocycles. The Morgan fingerprint density at radius 1 is 1.29 bits per heavy atom. The average molecular weight is 415 g/mol. The number of hydrogen-bond donors (Lipinski definition) is 2. The molecule has 0 aromatic rings. The lowest BCUT2D eigenvalue weighted by Crippen LogP contribution is -2.52. The van der Waals surface area contributed by atoms with Crippen molar-refractivity contribution < 1.29 is 23.8 Å². The first-order valence-corrected chi connectivity index (χ1v) is 13.3. The highest BCUT2D eigenvalue weighted by molar-refractivity contribution is 6.74. The number of aliphatic hydroxyl groups excluding tert-OH is 1. The van der Waals surface area contributed by atoms with Gasteiger partial charge in [0.15, 0.2) is 14.1 Å². The normalized spacial score (nSPS) is 37.8. The van der Waals surface area contributed by atoms with E-state index in [0.717, 1.165) is 0 Å². The van der Waals surface area contributed by atoms with Crippen LogP contribution in [0, 0.1) is 0 Å². The molecule has 0 aromatic carbocycles. The lowest BCUT2D eigenvalue weighted by Gasteiger charge is -2.39. The predicted octanol–water partition coefficient (Wildman–Crippen LogP) is 1.85. The molecule has 162 valence electrons. The van der Waals surface area contributed by atoms with Gasteiger partial charge in [-0.1, -0.05) is 20.8 Å². The molecule has 3 rings (SSSR count). The maximum absolute atomic E-state index is 11.6. The van der Waals surface area contributed by atoms with Crippen LogP contribution in [-0.4, -0.2) is 79.6 Å². The molecule has 0 unspecified atom stereocenters. The Balaban J connectivity index is 1.79. The van der Waals surface area contributed by atoms with Crippen molar-refractivity contribution in [2.24, 2.45) is 0 Å². The van der Waals surface area contributed by atoms with Crippen molar-refractivity contribution >= 4 is 14.2 Å². The Hall–Kier alpha value is -0.513. The molecule has 3 heterocycles. The molecule has 3 fully saturated rings. The topological polar surface area (TPSA) is 80.3 Å². The summed E-state index contributed by atoms with van der Waals surface area (Å²) >= 11 is 0. The zero-order chi connectivity index (χ0) is 21.1. The summed E-state index contributed by atoms with van der Waals surface area (Å²) in [5.41, 5.74) is 0. The fraction of sp³-hybridized carbons (Fsp3) is 0.950. The van der Waals surface area contributed by atoms with Gasteiger partial charge >= 0.3 is 0 Å². The van der Waals surface area contributed by atoms with Crippen LogP contribution in [0.3, 0.4) is 0 Å². The summed E-state index contributed by atoms with van der Waals surface area (Å²) in [6.07, 6.45) is -0.192. The van der Waals surface area contributed by atoms with Gasteiger partial charge < -0.3 is 24.3 Å². The van der Waals surface area contributed by atoms with Gasteiger partial charge in [0, 0.05) is 26.1 Å². The van der Waals surface area contributed by atoms with Crippen LogP contribution in [0.4, 0.5) is 0 Å². The minimum atomic E-state index is -1.89. The van der Waals surface area contributed by atoms with E-state index < -0.39 is 20.2 Å². The fourth-order valence-corrected chi connectivity index (χ4v) is 5.60. The van der Waals surface area contributed by atoms with Gasteiger partial charge in [0.25, 0.3) is 0 Å². The Kier molecular flexibility index (Phi) is 5.80. The van der Waals surface area contributed by atoms with E-state index in [4.69, 9.17) is 13.9 Å². The number of aliphatic hydroxyl groups is 1. The molecule has 8 heteroatoms. The number of nitrogens with one attached hydrogen (secondary N) is 1. The first-order valence-electron chi connectivity index (χ1n) is 10.4. The second-order valence-electron chi connectivity index (χ2n) is 10.5. The van der Waals surface area contributed by atoms with E-state index in [1.165, 1.54) is 6.92 Å². The molecule has 2 N–H and O–H groups in total. The molecule has 3 aliphatic heterocycles. The minimum absolute atomic E-state index is 0.0363. The van der Waals surface area contributed by atoms with E-state index in [9.17, 15) is 9.90 Å². The largest absolute Gasteiger partial charge is 0.415 e. The van der Waals surface area contributed by atoms with Crippen LogP contribution in [0.25, 0.3) is 0 Å². The summed E-state index contributed by atoms with van der Waals surface area (Å²) in [5.74, 6) is -0.738. The number of rotatable bonds is 5. The van der Waals surface area contributed by atoms with Crippen LogP contribution in [-0.2, 0) is 18.7 Å². The number of nitrogens with zero attached hydrogens (tertiary/aromatic N) is 1. The molecular weight excluding hydrogens is 376 g/mol. The Labute approximate surface area is 170 Å². The number of carbonyl (C=O) groups is 1. The van der Waals surface area contributed by atoms with E-state index in [1.807, 2.05) is 13.8 Å². The summed E-state index contributed by atoms with van der Waals surface area (Å²) in [6, 6.07) is -0.0711. The number of carbonyl (C=O) groups excluding carboxylic acids is 1. The maximum Gasteiger partial charge on any atom is 0.216 e. The van der Waals surface area contributed by atoms with E-state index in [1.54, 1.807) is 0 Å². The van der Waals surface area contributed by atoms with Crippen LogP contribution in [0.1, 0.15) is 48.0 Å². The highest BCUT2D eigenvalue weighted by atomic mass is 28.4. The summed E-state index contributed by atoms with van der Waals surface area (Å²) in [5, 5.41) is 13.9. The third-order valence-electron chi connectivity index (χ3n) is 6.94. The molecule has 0 radical (unpaired) electrons. The van der Waals surface area contributed by atoms with Crippen LogP contribution >= 0.6 is 0 Å². The third kappa shape index (κ3) is 4.04. The lowest BCUT2D eigenvalue weighted by molar-refractivity contribution is -0.170. The third-order valence-corrected chi connectivity index (χ3v) is 11.4. The quantitative estimate of drug-likeness (QED) is 0.669. The standard InChI is InChI=1S/C20H38N2O5Si/c1-12(23)21-10-14-17-18(27-20(5,6)26-17)16-15(24)9-13(22(14)16)11-25-28(7,8)19(2,3)4/h13-18,24H,9-11H2,1-8H3,(H,21,23)/t13-,14-,15+,16-,17-,18+/m0/s1. The van der Waals surface area contributed by atoms with Crippen molar-refractivity contribution in [3.05, 3.63) is 0 Å². The maximum atomic E-state index is 11.6. The van der Waals surface area contributed by atoms with Crippen LogP contribution in [0.15, 0.2) is 0 Å². The molecule has 3 aliphatic rings. The van der Waals surface area contributed by atoms with Gasteiger partial charge in [0.05, 0.1) is 18.2 Å². The fourth-order valence-electron chi connectivity index (χ4n) is 4.56. The Morgan fingerprint density at radius 3 is 2.46 bits per heavy atom. The van der Waals surface area contributed by atoms with Crippen LogP contribution < -0.4 is 5.32 Å². The van der Waals surface area contributed by atoms with Gasteiger partial charge in [0.1, 0.15) is 12.2 Å². The van der Waals surface area contributed by atoms with Gasteiger partial charge in [-0.25, -0.2) is 0 Å². The second kappa shape index (κ2) is 7.32. The first-order chi connectivity index (χ1) is 12.7. The molecule has 1 amide bonds. The molecular formula is C20H38N2O5Si. The van der Waals surface area contributed by atoms with Crippen molar-refractivity contribution in [3.63, 3.8) is 0 Å². The van der Waals surface area contributed by atoms with Crippen LogP contribution in [0.2, 0.25) is 18.1 Å². The Bertz CT molecular complexity index is 606. The molecule has 0 bridgehead atoms. The van der Waals surface area contributed by atoms with Crippen molar-refractivity contribution in [2.45, 2.75) is 108 Å². The monoisotopic (exact) mass is 414 g/mol. The highest BCUT2D eigenvalue weighted by Gasteiger charge is 2.63. The molecule has 3 saturated heterocycles. The average Bonchev–Trinajstić information content (AvgIpc) is 3.09. The zero-order valence-corrected chi connectivity index (χ0v) is 19.6. The minimum Gasteiger partial charge on any atom is -0.415 e. The molecule has 0 aromatic heterocycles. The summed E-state index contributed by atoms with van der Waals surface area (Å²) in [6.45, 7) is 17.6. The van der Waals surface area contributed by atoms with E-state index in [-0.39, 0.29) is 41.3 Å². The Morgan fingerprint density at radius 2 is 1.89 bits per heavy atom. The van der Waals surface area contributed by atoms with Gasteiger partial charge in [-0.15, -0.1) is 0 Å². The van der Waals surface area contributed by atoms with Gasteiger partial charge in [0.2, 0.25) is 5.91 Å². The van der Waals surface area contributed by atoms with Crippen LogP contribution in [0.5, 0.6) is 0 Å². The highest BCUT2D eigenvalue weighted by Crippen LogP contribution is 2.47. The molecule has 0 saturated carbocycles. The molecule has 28 heavy (non-hydrogen) atoms. The first kappa shape index (κ1) is 22.2. The van der Waals surface area contributed by atoms with Gasteiger partial charge in [-0.3, -0.25) is 9.69 Å². The van der Waals surface area contributed by atoms with Gasteiger partial charge in [-0.2, -0.15) is 0 Å². The smallest absolute Gasteiger partial charge is 0.216 e. The number of hydrogen-bond acceptors (Lipinski definition) is 6. The molecule has 6 atom stereocenters. The van der Waals surface area contributed by atoms with E-state index in [0.29, 0.717) is 19.6 Å². The van der Waals surface area contributed by atoms with Gasteiger partial charge in [-0.05, 0) is 38.4 Å². The number of ether oxygens (including phenoxy) is 2. The number of amides is 1. The van der Waals surface area contributed by atoms with E-state index >= 15 is 0 Å². The van der Waals surface area contributed by atoms with Crippen molar-refractivity contribution in [2.75, 3.05) is 13.2 Å². The van der Waals surface area contributed by atoms with Crippen molar-refractivity contribution in [1.82, 2.24) is 10.2 Å². The van der Waals surface area contributed by atoms with Crippen molar-refractivity contribution in [3.8, 4) is 0 Å².